The number of phenolic OH excluding ortho intramolecular Hbond substituents is 1. The second-order valence-electron chi connectivity index (χ2n) is 7.53. The van der Waals surface area contributed by atoms with Crippen molar-refractivity contribution in [3.8, 4) is 11.5 Å². The van der Waals surface area contributed by atoms with Gasteiger partial charge in [0, 0.05) is 21.8 Å². The second-order valence-corrected chi connectivity index (χ2v) is 9.07. The Morgan fingerprint density at radius 1 is 1.22 bits per heavy atom. The van der Waals surface area contributed by atoms with Crippen LogP contribution in [-0.4, -0.2) is 28.5 Å². The second kappa shape index (κ2) is 13.3. The highest BCUT2D eigenvalue weighted by molar-refractivity contribution is 7.99. The maximum absolute atomic E-state index is 11.2. The van der Waals surface area contributed by atoms with E-state index in [0.29, 0.717) is 41.3 Å². The molecular formula is C24H30ClNO5S. The Hall–Kier alpha value is -2.25. The van der Waals surface area contributed by atoms with Gasteiger partial charge in [-0.05, 0) is 49.1 Å². The molecule has 0 aliphatic heterocycles. The molecule has 0 spiro atoms. The first-order valence-electron chi connectivity index (χ1n) is 10.8. The minimum atomic E-state index is -0.886. The molecule has 174 valence electrons. The fourth-order valence-electron chi connectivity index (χ4n) is 3.44. The lowest BCUT2D eigenvalue weighted by molar-refractivity contribution is -0.136. The van der Waals surface area contributed by atoms with E-state index < -0.39 is 12.0 Å². The lowest BCUT2D eigenvalue weighted by atomic mass is 9.97. The largest absolute Gasteiger partial charge is 0.507 e. The topological polar surface area (TPSA) is 96.2 Å². The fraction of sp³-hybridized carbons (Fsp3) is 0.458. The van der Waals surface area contributed by atoms with E-state index in [-0.39, 0.29) is 12.2 Å². The van der Waals surface area contributed by atoms with E-state index in [9.17, 15) is 14.8 Å². The number of rotatable bonds is 14. The number of nitroso groups, excluding NO2 is 1. The standard InChI is InChI=1S/C24H30ClNO5S/c1-3-6-18-21(10-9-17(24(18)29)20(26-30)7-4-2)31-12-5-13-32-22-11-8-16(14-19(22)25)15-23(27)28/h8-11,14,20,29H,3-7,12-13,15H2,1-2H3,(H,27,28). The van der Waals surface area contributed by atoms with Gasteiger partial charge in [-0.25, -0.2) is 0 Å². The van der Waals surface area contributed by atoms with Gasteiger partial charge in [-0.15, -0.1) is 11.8 Å². The predicted molar refractivity (Wildman–Crippen MR) is 129 cm³/mol. The van der Waals surface area contributed by atoms with Crippen LogP contribution in [0, 0.1) is 4.91 Å². The first-order valence-corrected chi connectivity index (χ1v) is 12.2. The van der Waals surface area contributed by atoms with E-state index in [0.717, 1.165) is 35.5 Å². The lowest BCUT2D eigenvalue weighted by Crippen LogP contribution is -2.04. The zero-order valence-corrected chi connectivity index (χ0v) is 20.0. The number of hydrogen-bond donors (Lipinski definition) is 2. The first-order chi connectivity index (χ1) is 15.4. The number of aliphatic carboxylic acids is 1. The van der Waals surface area contributed by atoms with Crippen molar-refractivity contribution in [1.82, 2.24) is 0 Å². The number of halogens is 1. The summed E-state index contributed by atoms with van der Waals surface area (Å²) in [4.78, 5) is 22.9. The molecule has 1 unspecified atom stereocenters. The van der Waals surface area contributed by atoms with Gasteiger partial charge in [-0.3, -0.25) is 4.79 Å². The van der Waals surface area contributed by atoms with Crippen LogP contribution >= 0.6 is 23.4 Å². The Morgan fingerprint density at radius 2 is 2.00 bits per heavy atom. The van der Waals surface area contributed by atoms with Crippen LogP contribution in [0.2, 0.25) is 5.02 Å². The maximum Gasteiger partial charge on any atom is 0.307 e. The van der Waals surface area contributed by atoms with Crippen LogP contribution in [0.4, 0.5) is 0 Å². The van der Waals surface area contributed by atoms with Gasteiger partial charge in [-0.1, -0.05) is 49.5 Å². The molecule has 1 atom stereocenters. The van der Waals surface area contributed by atoms with Gasteiger partial charge >= 0.3 is 5.97 Å². The third-order valence-electron chi connectivity index (χ3n) is 4.97. The molecule has 0 aliphatic rings. The summed E-state index contributed by atoms with van der Waals surface area (Å²) in [7, 11) is 0. The third kappa shape index (κ3) is 7.41. The Labute approximate surface area is 198 Å². The molecule has 32 heavy (non-hydrogen) atoms. The van der Waals surface area contributed by atoms with Crippen LogP contribution in [0.5, 0.6) is 11.5 Å². The highest BCUT2D eigenvalue weighted by Gasteiger charge is 2.20. The zero-order valence-electron chi connectivity index (χ0n) is 18.5. The predicted octanol–water partition coefficient (Wildman–Crippen LogP) is 6.79. The summed E-state index contributed by atoms with van der Waals surface area (Å²) in [5.74, 6) is 0.641. The smallest absolute Gasteiger partial charge is 0.307 e. The summed E-state index contributed by atoms with van der Waals surface area (Å²) in [5, 5.41) is 23.4. The van der Waals surface area contributed by atoms with E-state index in [2.05, 4.69) is 5.18 Å². The number of ether oxygens (including phenoxy) is 1. The van der Waals surface area contributed by atoms with Gasteiger partial charge in [0.05, 0.1) is 18.1 Å². The Kier molecular flexibility index (Phi) is 10.8. The number of aromatic hydroxyl groups is 1. The van der Waals surface area contributed by atoms with E-state index in [1.807, 2.05) is 26.0 Å². The number of thioether (sulfide) groups is 1. The molecule has 2 aromatic rings. The minimum Gasteiger partial charge on any atom is -0.507 e. The van der Waals surface area contributed by atoms with E-state index in [1.165, 1.54) is 0 Å². The van der Waals surface area contributed by atoms with E-state index in [1.54, 1.807) is 30.0 Å². The molecule has 2 aromatic carbocycles. The number of carboxylic acid groups (broad SMARTS) is 1. The number of benzene rings is 2. The average molecular weight is 480 g/mol. The van der Waals surface area contributed by atoms with E-state index >= 15 is 0 Å². The molecule has 0 aliphatic carbocycles. The zero-order chi connectivity index (χ0) is 23.5. The summed E-state index contributed by atoms with van der Waals surface area (Å²) in [6.07, 6.45) is 3.61. The molecule has 6 nitrogen and oxygen atoms in total. The van der Waals surface area contributed by atoms with Gasteiger partial charge in [0.2, 0.25) is 0 Å². The molecule has 0 aromatic heterocycles. The average Bonchev–Trinajstić information content (AvgIpc) is 2.75. The van der Waals surface area contributed by atoms with Gasteiger partial charge in [0.15, 0.2) is 0 Å². The Bertz CT molecular complexity index is 922. The Balaban J connectivity index is 1.95. The molecule has 0 amide bonds. The molecule has 8 heteroatoms. The van der Waals surface area contributed by atoms with Crippen molar-refractivity contribution in [2.75, 3.05) is 12.4 Å². The summed E-state index contributed by atoms with van der Waals surface area (Å²) < 4.78 is 5.95. The monoisotopic (exact) mass is 479 g/mol. The number of nitrogens with zero attached hydrogens (tertiary/aromatic N) is 1. The summed E-state index contributed by atoms with van der Waals surface area (Å²) in [6.45, 7) is 4.48. The molecule has 0 heterocycles. The van der Waals surface area contributed by atoms with Crippen LogP contribution in [0.15, 0.2) is 40.4 Å². The van der Waals surface area contributed by atoms with Crippen LogP contribution < -0.4 is 4.74 Å². The summed E-state index contributed by atoms with van der Waals surface area (Å²) >= 11 is 7.85. The number of carboxylic acids is 1. The fourth-order valence-corrected chi connectivity index (χ4v) is 4.65. The number of phenols is 1. The van der Waals surface area contributed by atoms with Gasteiger partial charge in [-0.2, -0.15) is 4.91 Å². The first kappa shape index (κ1) is 26.0. The minimum absolute atomic E-state index is 0.0493. The van der Waals surface area contributed by atoms with Crippen molar-refractivity contribution < 1.29 is 19.7 Å². The highest BCUT2D eigenvalue weighted by Crippen LogP contribution is 2.38. The SMILES string of the molecule is CCCc1c(OCCCSc2ccc(CC(=O)O)cc2Cl)ccc(C(CCC)N=O)c1O. The van der Waals surface area contributed by atoms with Gasteiger partial charge in [0.1, 0.15) is 17.5 Å². The molecular weight excluding hydrogens is 450 g/mol. The number of hydrogen-bond acceptors (Lipinski definition) is 6. The van der Waals surface area contributed by atoms with Crippen LogP contribution in [0.1, 0.15) is 62.3 Å². The van der Waals surface area contributed by atoms with Crippen molar-refractivity contribution in [1.29, 1.82) is 0 Å². The van der Waals surface area contributed by atoms with Crippen molar-refractivity contribution >= 4 is 29.3 Å². The molecule has 2 rings (SSSR count). The quantitative estimate of drug-likeness (QED) is 0.176. The lowest BCUT2D eigenvalue weighted by Gasteiger charge is -2.17. The molecule has 0 bridgehead atoms. The molecule has 0 radical (unpaired) electrons. The van der Waals surface area contributed by atoms with Crippen LogP contribution in [0.3, 0.4) is 0 Å². The van der Waals surface area contributed by atoms with Crippen molar-refractivity contribution in [2.45, 2.75) is 63.3 Å². The highest BCUT2D eigenvalue weighted by atomic mass is 35.5. The van der Waals surface area contributed by atoms with Crippen molar-refractivity contribution in [2.24, 2.45) is 5.18 Å². The molecule has 0 fully saturated rings. The van der Waals surface area contributed by atoms with Crippen molar-refractivity contribution in [3.05, 3.63) is 57.0 Å². The molecule has 0 saturated carbocycles. The summed E-state index contributed by atoms with van der Waals surface area (Å²) in [6, 6.07) is 8.32. The molecule has 2 N–H and O–H groups in total. The van der Waals surface area contributed by atoms with Crippen LogP contribution in [0.25, 0.3) is 0 Å². The summed E-state index contributed by atoms with van der Waals surface area (Å²) in [5.41, 5.74) is 1.96. The maximum atomic E-state index is 11.2. The van der Waals surface area contributed by atoms with Crippen molar-refractivity contribution in [3.63, 3.8) is 0 Å². The normalized spacial score (nSPS) is 11.8. The van der Waals surface area contributed by atoms with Gasteiger partial charge < -0.3 is 14.9 Å². The Morgan fingerprint density at radius 3 is 2.62 bits per heavy atom. The molecule has 0 saturated heterocycles. The third-order valence-corrected chi connectivity index (χ3v) is 6.56. The van der Waals surface area contributed by atoms with Crippen LogP contribution in [-0.2, 0) is 17.6 Å². The number of carbonyl (C=O) groups is 1. The van der Waals surface area contributed by atoms with E-state index in [4.69, 9.17) is 21.4 Å². The van der Waals surface area contributed by atoms with Gasteiger partial charge in [0.25, 0.3) is 0 Å².